The molecular weight excluding hydrogens is 238 g/mol. The topological polar surface area (TPSA) is 89.7 Å². The van der Waals surface area contributed by atoms with Crippen molar-refractivity contribution >= 4 is 23.4 Å². The molecule has 7 heteroatoms. The molecule has 0 saturated carbocycles. The summed E-state index contributed by atoms with van der Waals surface area (Å²) in [6.45, 7) is 1.56. The Labute approximate surface area is 95.6 Å². The highest BCUT2D eigenvalue weighted by Crippen LogP contribution is 2.32. The number of hydrogen-bond donors (Lipinski definition) is 1. The number of non-ortho nitro benzene ring substituents is 1. The van der Waals surface area contributed by atoms with Gasteiger partial charge in [-0.05, 0) is 13.0 Å². The molecule has 0 fully saturated rings. The lowest BCUT2D eigenvalue weighted by Gasteiger charge is -2.09. The molecule has 1 aromatic carbocycles. The summed E-state index contributed by atoms with van der Waals surface area (Å²) in [5, 5.41) is 18.4. The van der Waals surface area contributed by atoms with Gasteiger partial charge in [0.1, 0.15) is 5.75 Å². The smallest absolute Gasteiger partial charge is 0.449 e. The molecule has 0 aliphatic carbocycles. The minimum atomic E-state index is -1.49. The second kappa shape index (κ2) is 4.80. The van der Waals surface area contributed by atoms with E-state index in [1.807, 2.05) is 0 Å². The van der Waals surface area contributed by atoms with Crippen molar-refractivity contribution in [1.29, 1.82) is 0 Å². The number of nitrogens with zero attached hydrogens (tertiary/aromatic N) is 1. The van der Waals surface area contributed by atoms with Crippen LogP contribution in [0.3, 0.4) is 0 Å². The van der Waals surface area contributed by atoms with Crippen LogP contribution in [-0.2, 0) is 0 Å². The lowest BCUT2D eigenvalue weighted by molar-refractivity contribution is -0.384. The number of hydrogen-bond acceptors (Lipinski definition) is 4. The Morgan fingerprint density at radius 3 is 2.69 bits per heavy atom. The van der Waals surface area contributed by atoms with E-state index in [9.17, 15) is 14.9 Å². The first-order valence-corrected chi connectivity index (χ1v) is 4.68. The van der Waals surface area contributed by atoms with Crippen LogP contribution >= 0.6 is 11.6 Å². The molecule has 1 rings (SSSR count). The molecule has 0 bridgehead atoms. The second-order valence-corrected chi connectivity index (χ2v) is 3.62. The van der Waals surface area contributed by atoms with Crippen LogP contribution in [-0.4, -0.2) is 16.2 Å². The van der Waals surface area contributed by atoms with Crippen LogP contribution in [0.15, 0.2) is 18.2 Å². The Morgan fingerprint density at radius 1 is 1.62 bits per heavy atom. The van der Waals surface area contributed by atoms with Gasteiger partial charge in [0.25, 0.3) is 5.69 Å². The highest BCUT2D eigenvalue weighted by Gasteiger charge is 2.17. The largest absolute Gasteiger partial charge is 0.511 e. The maximum absolute atomic E-state index is 10.5. The maximum atomic E-state index is 10.5. The third-order valence-corrected chi connectivity index (χ3v) is 2.07. The Bertz CT molecular complexity index is 432. The molecule has 0 aromatic heterocycles. The van der Waals surface area contributed by atoms with Gasteiger partial charge in [-0.15, -0.1) is 11.6 Å². The summed E-state index contributed by atoms with van der Waals surface area (Å²) in [6, 6.07) is 3.55. The second-order valence-electron chi connectivity index (χ2n) is 2.96. The first-order chi connectivity index (χ1) is 7.41. The van der Waals surface area contributed by atoms with Crippen molar-refractivity contribution in [3.8, 4) is 5.75 Å². The number of carboxylic acid groups (broad SMARTS) is 1. The molecule has 1 atom stereocenters. The standard InChI is InChI=1S/C9H8ClNO5/c1-5(10)7-4-6(11(14)15)2-3-8(7)16-9(12)13/h2-5H,1H3,(H,12,13). The third kappa shape index (κ3) is 2.83. The number of nitro benzene ring substituents is 1. The average Bonchev–Trinajstić information content (AvgIpc) is 2.16. The quantitative estimate of drug-likeness (QED) is 0.291. The fourth-order valence-electron chi connectivity index (χ4n) is 1.15. The van der Waals surface area contributed by atoms with Crippen LogP contribution in [0.2, 0.25) is 0 Å². The van der Waals surface area contributed by atoms with E-state index >= 15 is 0 Å². The van der Waals surface area contributed by atoms with Gasteiger partial charge in [-0.25, -0.2) is 4.79 Å². The predicted molar refractivity (Wildman–Crippen MR) is 56.0 cm³/mol. The lowest BCUT2D eigenvalue weighted by atomic mass is 10.1. The summed E-state index contributed by atoms with van der Waals surface area (Å²) in [4.78, 5) is 20.3. The number of nitro groups is 1. The minimum Gasteiger partial charge on any atom is -0.449 e. The molecule has 16 heavy (non-hydrogen) atoms. The fraction of sp³-hybridized carbons (Fsp3) is 0.222. The van der Waals surface area contributed by atoms with Crippen molar-refractivity contribution < 1.29 is 19.6 Å². The summed E-state index contributed by atoms with van der Waals surface area (Å²) < 4.78 is 4.45. The average molecular weight is 246 g/mol. The molecule has 0 aliphatic rings. The molecule has 1 aromatic rings. The zero-order valence-corrected chi connectivity index (χ0v) is 8.97. The first-order valence-electron chi connectivity index (χ1n) is 4.25. The monoisotopic (exact) mass is 245 g/mol. The Kier molecular flexibility index (Phi) is 3.68. The predicted octanol–water partition coefficient (Wildman–Crippen LogP) is 2.95. The molecule has 0 radical (unpaired) electrons. The third-order valence-electron chi connectivity index (χ3n) is 1.83. The minimum absolute atomic E-state index is 0.000556. The van der Waals surface area contributed by atoms with E-state index < -0.39 is 16.5 Å². The molecule has 0 saturated heterocycles. The molecule has 86 valence electrons. The van der Waals surface area contributed by atoms with Crippen LogP contribution < -0.4 is 4.74 Å². The molecule has 1 unspecified atom stereocenters. The van der Waals surface area contributed by atoms with Crippen molar-refractivity contribution in [2.75, 3.05) is 0 Å². The summed E-state index contributed by atoms with van der Waals surface area (Å²) >= 11 is 5.77. The van der Waals surface area contributed by atoms with E-state index in [1.165, 1.54) is 12.1 Å². The van der Waals surface area contributed by atoms with E-state index in [1.54, 1.807) is 6.92 Å². The van der Waals surface area contributed by atoms with Crippen molar-refractivity contribution in [2.24, 2.45) is 0 Å². The lowest BCUT2D eigenvalue weighted by Crippen LogP contribution is -2.06. The van der Waals surface area contributed by atoms with Crippen molar-refractivity contribution in [3.05, 3.63) is 33.9 Å². The van der Waals surface area contributed by atoms with Gasteiger partial charge in [0.05, 0.1) is 10.3 Å². The molecule has 0 amide bonds. The number of alkyl halides is 1. The van der Waals surface area contributed by atoms with E-state index in [0.717, 1.165) is 6.07 Å². The van der Waals surface area contributed by atoms with Crippen molar-refractivity contribution in [2.45, 2.75) is 12.3 Å². The van der Waals surface area contributed by atoms with Crippen molar-refractivity contribution in [3.63, 3.8) is 0 Å². The summed E-state index contributed by atoms with van der Waals surface area (Å²) in [5.74, 6) is 0.000556. The van der Waals surface area contributed by atoms with Crippen LogP contribution in [0.4, 0.5) is 10.5 Å². The highest BCUT2D eigenvalue weighted by atomic mass is 35.5. The van der Waals surface area contributed by atoms with E-state index in [-0.39, 0.29) is 17.0 Å². The van der Waals surface area contributed by atoms with E-state index in [0.29, 0.717) is 0 Å². The van der Waals surface area contributed by atoms with Gasteiger partial charge in [0.2, 0.25) is 0 Å². The fourth-order valence-corrected chi connectivity index (χ4v) is 1.32. The van der Waals surface area contributed by atoms with E-state index in [4.69, 9.17) is 16.7 Å². The summed E-state index contributed by atoms with van der Waals surface area (Å²) in [6.07, 6.45) is -1.49. The molecule has 0 spiro atoms. The number of halogens is 1. The number of ether oxygens (including phenoxy) is 1. The maximum Gasteiger partial charge on any atom is 0.511 e. The summed E-state index contributed by atoms with van der Waals surface area (Å²) in [7, 11) is 0. The van der Waals surface area contributed by atoms with E-state index in [2.05, 4.69) is 4.74 Å². The van der Waals surface area contributed by atoms with Crippen LogP contribution in [0.5, 0.6) is 5.75 Å². The Morgan fingerprint density at radius 2 is 2.25 bits per heavy atom. The molecule has 0 aliphatic heterocycles. The van der Waals surface area contributed by atoms with Gasteiger partial charge in [-0.2, -0.15) is 0 Å². The molecule has 6 nitrogen and oxygen atoms in total. The zero-order chi connectivity index (χ0) is 12.3. The van der Waals surface area contributed by atoms with Crippen LogP contribution in [0.25, 0.3) is 0 Å². The van der Waals surface area contributed by atoms with Gasteiger partial charge in [-0.1, -0.05) is 0 Å². The van der Waals surface area contributed by atoms with Gasteiger partial charge >= 0.3 is 6.16 Å². The zero-order valence-electron chi connectivity index (χ0n) is 8.21. The Hall–Kier alpha value is -1.82. The molecular formula is C9H8ClNO5. The number of benzene rings is 1. The number of rotatable bonds is 3. The van der Waals surface area contributed by atoms with Gasteiger partial charge in [0.15, 0.2) is 0 Å². The molecule has 0 heterocycles. The molecule has 1 N–H and O–H groups in total. The number of carbonyl (C=O) groups is 1. The first kappa shape index (κ1) is 12.3. The van der Waals surface area contributed by atoms with Gasteiger partial charge in [0, 0.05) is 17.7 Å². The Balaban J connectivity index is 3.19. The highest BCUT2D eigenvalue weighted by molar-refractivity contribution is 6.20. The SMILES string of the molecule is CC(Cl)c1cc([N+](=O)[O-])ccc1OC(=O)O. The van der Waals surface area contributed by atoms with Crippen LogP contribution in [0.1, 0.15) is 17.9 Å². The van der Waals surface area contributed by atoms with Gasteiger partial charge in [-0.3, -0.25) is 10.1 Å². The normalized spacial score (nSPS) is 11.9. The van der Waals surface area contributed by atoms with Crippen LogP contribution in [0, 0.1) is 10.1 Å². The summed E-state index contributed by atoms with van der Waals surface area (Å²) in [5.41, 5.74) is 0.0958. The van der Waals surface area contributed by atoms with Gasteiger partial charge < -0.3 is 9.84 Å². The van der Waals surface area contributed by atoms with Crippen molar-refractivity contribution in [1.82, 2.24) is 0 Å².